The molecule has 4 nitrogen and oxygen atoms in total. The van der Waals surface area contributed by atoms with Gasteiger partial charge < -0.3 is 9.80 Å². The largest absolute Gasteiger partial charge is 0.355 e. The van der Waals surface area contributed by atoms with Crippen LogP contribution in [0.1, 0.15) is 25.0 Å². The molecule has 0 aliphatic carbocycles. The molecule has 2 aromatic rings. The second kappa shape index (κ2) is 5.56. The lowest BCUT2D eigenvalue weighted by molar-refractivity contribution is 0.102. The lowest BCUT2D eigenvalue weighted by Gasteiger charge is -2.46. The first-order valence-electron chi connectivity index (χ1n) is 7.73. The number of anilines is 1. The van der Waals surface area contributed by atoms with Gasteiger partial charge in [-0.2, -0.15) is 0 Å². The number of aromatic nitrogens is 2. The molecule has 2 aromatic heterocycles. The number of hydrogen-bond acceptors (Lipinski definition) is 4. The molecule has 6 heteroatoms. The maximum Gasteiger partial charge on any atom is 0.195 e. The monoisotopic (exact) mass is 368 g/mol. The highest BCUT2D eigenvalue weighted by Crippen LogP contribution is 2.34. The average Bonchev–Trinajstić information content (AvgIpc) is 3.07. The lowest BCUT2D eigenvalue weighted by Crippen LogP contribution is -2.53. The molecule has 4 heterocycles. The Kier molecular flexibility index (Phi) is 3.71. The van der Waals surface area contributed by atoms with E-state index in [-0.39, 0.29) is 0 Å². The van der Waals surface area contributed by atoms with Crippen molar-refractivity contribution in [3.05, 3.63) is 17.3 Å². The predicted octanol–water partition coefficient (Wildman–Crippen LogP) is 3.21. The predicted molar refractivity (Wildman–Crippen MR) is 91.7 cm³/mol. The molecule has 21 heavy (non-hydrogen) atoms. The van der Waals surface area contributed by atoms with Crippen LogP contribution in [0.5, 0.6) is 0 Å². The number of piperidine rings is 2. The van der Waals surface area contributed by atoms with Crippen LogP contribution in [-0.2, 0) is 5.33 Å². The Balaban J connectivity index is 1.62. The van der Waals surface area contributed by atoms with Crippen LogP contribution in [-0.4, -0.2) is 47.0 Å². The fraction of sp³-hybridized carbons (Fsp3) is 0.667. The molecule has 2 saturated heterocycles. The molecule has 0 radical (unpaired) electrons. The van der Waals surface area contributed by atoms with E-state index in [1.165, 1.54) is 43.9 Å². The number of nitrogens with zero attached hydrogens (tertiary/aromatic N) is 4. The smallest absolute Gasteiger partial charge is 0.195 e. The van der Waals surface area contributed by atoms with Gasteiger partial charge in [0, 0.05) is 36.0 Å². The zero-order valence-electron chi connectivity index (χ0n) is 12.3. The molecule has 2 fully saturated rings. The second-order valence-corrected chi connectivity index (χ2v) is 7.69. The summed E-state index contributed by atoms with van der Waals surface area (Å²) in [4.78, 5) is 11.1. The Bertz CT molecular complexity index is 637. The summed E-state index contributed by atoms with van der Waals surface area (Å²) >= 11 is 5.37. The summed E-state index contributed by atoms with van der Waals surface area (Å²) in [5, 5.41) is 2.98. The maximum atomic E-state index is 4.89. The lowest BCUT2D eigenvalue weighted by atomic mass is 9.84. The SMILES string of the molecule is CN1CCCC2CN(c3nc4sccn4c3CBr)CCC21. The van der Waals surface area contributed by atoms with Gasteiger partial charge in [-0.1, -0.05) is 15.9 Å². The molecule has 4 rings (SSSR count). The molecule has 0 N–H and O–H groups in total. The Morgan fingerprint density at radius 3 is 3.14 bits per heavy atom. The normalized spacial score (nSPS) is 27.2. The van der Waals surface area contributed by atoms with E-state index < -0.39 is 0 Å². The van der Waals surface area contributed by atoms with E-state index >= 15 is 0 Å². The zero-order chi connectivity index (χ0) is 14.4. The van der Waals surface area contributed by atoms with Crippen molar-refractivity contribution >= 4 is 38.0 Å². The number of fused-ring (bicyclic) bond motifs is 2. The summed E-state index contributed by atoms with van der Waals surface area (Å²) in [6.45, 7) is 3.57. The van der Waals surface area contributed by atoms with Gasteiger partial charge in [-0.05, 0) is 38.8 Å². The minimum Gasteiger partial charge on any atom is -0.355 e. The molecule has 0 amide bonds. The summed E-state index contributed by atoms with van der Waals surface area (Å²) in [7, 11) is 2.29. The number of imidazole rings is 1. The third-order valence-electron chi connectivity index (χ3n) is 5.11. The van der Waals surface area contributed by atoms with Gasteiger partial charge in [0.05, 0.1) is 5.69 Å². The van der Waals surface area contributed by atoms with Gasteiger partial charge in [0.2, 0.25) is 0 Å². The molecule has 114 valence electrons. The standard InChI is InChI=1S/C15H21BrN4S/c1-18-5-2-3-11-10-19(6-4-12(11)18)14-13(9-16)20-7-8-21-15(20)17-14/h7-8,11-12H,2-6,9-10H2,1H3. The van der Waals surface area contributed by atoms with E-state index in [1.54, 1.807) is 11.3 Å². The van der Waals surface area contributed by atoms with Gasteiger partial charge in [-0.15, -0.1) is 11.3 Å². The summed E-state index contributed by atoms with van der Waals surface area (Å²) < 4.78 is 2.23. The number of thiazole rings is 1. The summed E-state index contributed by atoms with van der Waals surface area (Å²) in [6.07, 6.45) is 6.12. The quantitative estimate of drug-likeness (QED) is 0.760. The van der Waals surface area contributed by atoms with Crippen LogP contribution in [0.15, 0.2) is 11.6 Å². The number of rotatable bonds is 2. The number of likely N-dealkylation sites (tertiary alicyclic amines) is 1. The topological polar surface area (TPSA) is 23.8 Å². The highest BCUT2D eigenvalue weighted by Gasteiger charge is 2.35. The van der Waals surface area contributed by atoms with Gasteiger partial charge in [0.25, 0.3) is 0 Å². The molecule has 0 saturated carbocycles. The van der Waals surface area contributed by atoms with E-state index in [0.717, 1.165) is 28.8 Å². The minimum atomic E-state index is 0.783. The second-order valence-electron chi connectivity index (χ2n) is 6.26. The molecule has 0 aromatic carbocycles. The van der Waals surface area contributed by atoms with Crippen molar-refractivity contribution in [2.75, 3.05) is 31.6 Å². The van der Waals surface area contributed by atoms with Crippen LogP contribution in [0.3, 0.4) is 0 Å². The van der Waals surface area contributed by atoms with Crippen molar-refractivity contribution in [2.45, 2.75) is 30.6 Å². The van der Waals surface area contributed by atoms with Gasteiger partial charge in [0.15, 0.2) is 10.8 Å². The molecule has 2 aliphatic rings. The van der Waals surface area contributed by atoms with E-state index in [2.05, 4.69) is 48.8 Å². The summed E-state index contributed by atoms with van der Waals surface area (Å²) in [5.74, 6) is 2.01. The highest BCUT2D eigenvalue weighted by atomic mass is 79.9. The number of halogens is 1. The fourth-order valence-electron chi connectivity index (χ4n) is 4.04. The molecule has 0 spiro atoms. The summed E-state index contributed by atoms with van der Waals surface area (Å²) in [5.41, 5.74) is 1.30. The van der Waals surface area contributed by atoms with Gasteiger partial charge in [-0.25, -0.2) is 4.98 Å². The van der Waals surface area contributed by atoms with Crippen molar-refractivity contribution in [3.63, 3.8) is 0 Å². The van der Waals surface area contributed by atoms with Crippen LogP contribution < -0.4 is 4.90 Å². The molecule has 2 unspecified atom stereocenters. The first kappa shape index (κ1) is 14.0. The molecule has 0 bridgehead atoms. The maximum absolute atomic E-state index is 4.89. The van der Waals surface area contributed by atoms with Gasteiger partial charge in [-0.3, -0.25) is 4.40 Å². The van der Waals surface area contributed by atoms with Crippen LogP contribution in [0.25, 0.3) is 4.96 Å². The average molecular weight is 369 g/mol. The first-order valence-corrected chi connectivity index (χ1v) is 9.73. The molecule has 2 aliphatic heterocycles. The van der Waals surface area contributed by atoms with Gasteiger partial charge in [0.1, 0.15) is 0 Å². The number of alkyl halides is 1. The van der Waals surface area contributed by atoms with E-state index in [1.807, 2.05) is 0 Å². The Morgan fingerprint density at radius 1 is 1.38 bits per heavy atom. The van der Waals surface area contributed by atoms with E-state index in [4.69, 9.17) is 4.98 Å². The third kappa shape index (κ3) is 2.32. The fourth-order valence-corrected chi connectivity index (χ4v) is 5.29. The van der Waals surface area contributed by atoms with Crippen molar-refractivity contribution in [1.82, 2.24) is 14.3 Å². The van der Waals surface area contributed by atoms with Crippen LogP contribution >= 0.6 is 27.3 Å². The third-order valence-corrected chi connectivity index (χ3v) is 6.40. The molecule has 2 atom stereocenters. The molecular weight excluding hydrogens is 348 g/mol. The Labute approximate surface area is 137 Å². The van der Waals surface area contributed by atoms with Crippen molar-refractivity contribution < 1.29 is 0 Å². The van der Waals surface area contributed by atoms with E-state index in [0.29, 0.717) is 0 Å². The Morgan fingerprint density at radius 2 is 2.29 bits per heavy atom. The van der Waals surface area contributed by atoms with Gasteiger partial charge >= 0.3 is 0 Å². The zero-order valence-corrected chi connectivity index (χ0v) is 14.7. The summed E-state index contributed by atoms with van der Waals surface area (Å²) in [6, 6.07) is 0.783. The highest BCUT2D eigenvalue weighted by molar-refractivity contribution is 9.08. The van der Waals surface area contributed by atoms with E-state index in [9.17, 15) is 0 Å². The van der Waals surface area contributed by atoms with Crippen LogP contribution in [0.4, 0.5) is 5.82 Å². The van der Waals surface area contributed by atoms with Crippen LogP contribution in [0.2, 0.25) is 0 Å². The van der Waals surface area contributed by atoms with Crippen molar-refractivity contribution in [2.24, 2.45) is 5.92 Å². The van der Waals surface area contributed by atoms with Crippen LogP contribution in [0, 0.1) is 5.92 Å². The Hall–Kier alpha value is -0.590. The first-order chi connectivity index (χ1) is 10.3. The minimum absolute atomic E-state index is 0.783. The van der Waals surface area contributed by atoms with Crippen molar-refractivity contribution in [1.29, 1.82) is 0 Å². The molecular formula is C15H21BrN4S. The van der Waals surface area contributed by atoms with Crippen molar-refractivity contribution in [3.8, 4) is 0 Å². The number of hydrogen-bond donors (Lipinski definition) is 0.